The Morgan fingerprint density at radius 3 is 2.55 bits per heavy atom. The largest absolute Gasteiger partial charge is 0.495 e. The molecule has 22 heavy (non-hydrogen) atoms. The van der Waals surface area contributed by atoms with Crippen LogP contribution in [0.15, 0.2) is 34.9 Å². The second kappa shape index (κ2) is 6.10. The van der Waals surface area contributed by atoms with Crippen LogP contribution in [0.25, 0.3) is 0 Å². The maximum Gasteiger partial charge on any atom is 0.291 e. The molecule has 0 unspecified atom stereocenters. The molecule has 2 rings (SSSR count). The number of anilines is 2. The Morgan fingerprint density at radius 2 is 2.00 bits per heavy atom. The fraction of sp³-hybridized carbons (Fsp3) is 0.214. The van der Waals surface area contributed by atoms with E-state index in [0.29, 0.717) is 17.0 Å². The van der Waals surface area contributed by atoms with Crippen molar-refractivity contribution in [3.8, 4) is 5.75 Å². The van der Waals surface area contributed by atoms with Gasteiger partial charge in [-0.1, -0.05) is 0 Å². The molecule has 0 aliphatic carbocycles. The highest BCUT2D eigenvalue weighted by molar-refractivity contribution is 7.92. The van der Waals surface area contributed by atoms with E-state index in [1.165, 1.54) is 19.4 Å². The first kappa shape index (κ1) is 15.9. The topological polar surface area (TPSA) is 97.6 Å². The molecule has 0 saturated carbocycles. The number of carbonyl (C=O) groups excluding carboxylic acids is 1. The Labute approximate surface area is 128 Å². The second-order valence-corrected chi connectivity index (χ2v) is 6.42. The maximum atomic E-state index is 12.1. The van der Waals surface area contributed by atoms with Crippen LogP contribution in [0.3, 0.4) is 0 Å². The van der Waals surface area contributed by atoms with Gasteiger partial charge in [0.1, 0.15) is 5.75 Å². The van der Waals surface area contributed by atoms with Crippen molar-refractivity contribution in [2.45, 2.75) is 6.92 Å². The van der Waals surface area contributed by atoms with Gasteiger partial charge in [0, 0.05) is 11.3 Å². The van der Waals surface area contributed by atoms with Crippen LogP contribution in [0, 0.1) is 6.92 Å². The molecule has 0 saturated heterocycles. The van der Waals surface area contributed by atoms with Crippen LogP contribution in [-0.4, -0.2) is 27.7 Å². The molecule has 0 aliphatic heterocycles. The van der Waals surface area contributed by atoms with Crippen molar-refractivity contribution in [2.24, 2.45) is 0 Å². The average Bonchev–Trinajstić information content (AvgIpc) is 2.83. The van der Waals surface area contributed by atoms with Gasteiger partial charge in [0.25, 0.3) is 5.91 Å². The van der Waals surface area contributed by atoms with E-state index >= 15 is 0 Å². The number of methoxy groups -OCH3 is 1. The van der Waals surface area contributed by atoms with E-state index in [2.05, 4.69) is 10.0 Å². The summed E-state index contributed by atoms with van der Waals surface area (Å²) in [5.41, 5.74) is 1.35. The lowest BCUT2D eigenvalue weighted by Crippen LogP contribution is -2.14. The monoisotopic (exact) mass is 324 g/mol. The third-order valence-corrected chi connectivity index (χ3v) is 3.41. The zero-order chi connectivity index (χ0) is 16.3. The van der Waals surface area contributed by atoms with E-state index in [1.54, 1.807) is 25.1 Å². The Morgan fingerprint density at radius 1 is 1.27 bits per heavy atom. The lowest BCUT2D eigenvalue weighted by Gasteiger charge is -2.12. The molecular formula is C14H16N2O5S. The van der Waals surface area contributed by atoms with Gasteiger partial charge in [0.2, 0.25) is 10.0 Å². The van der Waals surface area contributed by atoms with Crippen molar-refractivity contribution in [1.82, 2.24) is 0 Å². The lowest BCUT2D eigenvalue weighted by atomic mass is 10.2. The molecule has 0 aliphatic rings. The number of aryl methyl sites for hydroxylation is 1. The zero-order valence-electron chi connectivity index (χ0n) is 12.3. The van der Waals surface area contributed by atoms with Crippen LogP contribution < -0.4 is 14.8 Å². The summed E-state index contributed by atoms with van der Waals surface area (Å²) in [5.74, 6) is 0.129. The summed E-state index contributed by atoms with van der Waals surface area (Å²) >= 11 is 0. The molecule has 1 aromatic carbocycles. The zero-order valence-corrected chi connectivity index (χ0v) is 13.2. The van der Waals surface area contributed by atoms with Gasteiger partial charge in [-0.25, -0.2) is 8.42 Å². The summed E-state index contributed by atoms with van der Waals surface area (Å²) in [6.45, 7) is 1.75. The minimum Gasteiger partial charge on any atom is -0.495 e. The average molecular weight is 324 g/mol. The molecule has 7 nitrogen and oxygen atoms in total. The highest BCUT2D eigenvalue weighted by Gasteiger charge is 2.15. The van der Waals surface area contributed by atoms with Crippen molar-refractivity contribution in [3.63, 3.8) is 0 Å². The number of sulfonamides is 1. The summed E-state index contributed by atoms with van der Waals surface area (Å²) in [6.07, 6.45) is 2.46. The van der Waals surface area contributed by atoms with Gasteiger partial charge in [-0.3, -0.25) is 9.52 Å². The minimum absolute atomic E-state index is 0.202. The summed E-state index contributed by atoms with van der Waals surface area (Å²) in [5, 5.41) is 2.64. The molecule has 2 N–H and O–H groups in total. The molecule has 0 bridgehead atoms. The first-order valence-corrected chi connectivity index (χ1v) is 8.20. The van der Waals surface area contributed by atoms with Crippen molar-refractivity contribution >= 4 is 27.3 Å². The van der Waals surface area contributed by atoms with Gasteiger partial charge < -0.3 is 14.5 Å². The number of rotatable bonds is 5. The molecule has 0 atom stereocenters. The molecule has 2 aromatic rings. The van der Waals surface area contributed by atoms with Gasteiger partial charge in [-0.15, -0.1) is 0 Å². The number of nitrogens with one attached hydrogen (secondary N) is 2. The molecule has 0 fully saturated rings. The predicted molar refractivity (Wildman–Crippen MR) is 82.9 cm³/mol. The highest BCUT2D eigenvalue weighted by Crippen LogP contribution is 2.28. The molecule has 1 heterocycles. The number of hydrogen-bond acceptors (Lipinski definition) is 5. The van der Waals surface area contributed by atoms with Crippen molar-refractivity contribution in [2.75, 3.05) is 23.4 Å². The quantitative estimate of drug-likeness (QED) is 0.879. The third kappa shape index (κ3) is 3.79. The number of carbonyl (C=O) groups is 1. The molecule has 1 amide bonds. The summed E-state index contributed by atoms with van der Waals surface area (Å²) in [4.78, 5) is 12.1. The fourth-order valence-corrected chi connectivity index (χ4v) is 2.42. The third-order valence-electron chi connectivity index (χ3n) is 2.82. The lowest BCUT2D eigenvalue weighted by molar-refractivity contribution is 0.0996. The van der Waals surface area contributed by atoms with Crippen LogP contribution in [0.1, 0.15) is 16.1 Å². The molecule has 118 valence electrons. The van der Waals surface area contributed by atoms with Crippen molar-refractivity contribution < 1.29 is 22.4 Å². The van der Waals surface area contributed by atoms with E-state index in [-0.39, 0.29) is 11.4 Å². The maximum absolute atomic E-state index is 12.1. The van der Waals surface area contributed by atoms with Gasteiger partial charge in [-0.2, -0.15) is 0 Å². The van der Waals surface area contributed by atoms with Crippen LogP contribution >= 0.6 is 0 Å². The van der Waals surface area contributed by atoms with E-state index in [1.807, 2.05) is 0 Å². The number of amides is 1. The fourth-order valence-electron chi connectivity index (χ4n) is 1.86. The molecule has 1 aromatic heterocycles. The number of benzene rings is 1. The minimum atomic E-state index is -3.47. The van der Waals surface area contributed by atoms with E-state index in [4.69, 9.17) is 9.15 Å². The Bertz CT molecular complexity index is 795. The highest BCUT2D eigenvalue weighted by atomic mass is 32.2. The molecular weight excluding hydrogens is 308 g/mol. The summed E-state index contributed by atoms with van der Waals surface area (Å²) in [7, 11) is -2.04. The first-order chi connectivity index (χ1) is 10.3. The van der Waals surface area contributed by atoms with Crippen LogP contribution in [0.5, 0.6) is 5.75 Å². The van der Waals surface area contributed by atoms with Crippen LogP contribution in [-0.2, 0) is 10.0 Å². The molecule has 0 spiro atoms. The van der Waals surface area contributed by atoms with E-state index < -0.39 is 15.9 Å². The standard InChI is InChI=1S/C14H16N2O5S/c1-9-6-7-21-13(9)14(17)15-10-4-5-12(20-2)11(8-10)16-22(3,18)19/h4-8,16H,1-3H3,(H,15,17). The molecule has 0 radical (unpaired) electrons. The molecule has 8 heteroatoms. The Balaban J connectivity index is 2.27. The number of hydrogen-bond donors (Lipinski definition) is 2. The van der Waals surface area contributed by atoms with Crippen LogP contribution in [0.2, 0.25) is 0 Å². The van der Waals surface area contributed by atoms with Crippen LogP contribution in [0.4, 0.5) is 11.4 Å². The number of ether oxygens (including phenoxy) is 1. The smallest absolute Gasteiger partial charge is 0.291 e. The van der Waals surface area contributed by atoms with Crippen molar-refractivity contribution in [3.05, 3.63) is 41.9 Å². The van der Waals surface area contributed by atoms with E-state index in [0.717, 1.165) is 6.26 Å². The Hall–Kier alpha value is -2.48. The van der Waals surface area contributed by atoms with Gasteiger partial charge in [0.05, 0.1) is 25.3 Å². The van der Waals surface area contributed by atoms with Gasteiger partial charge in [0.15, 0.2) is 5.76 Å². The SMILES string of the molecule is COc1ccc(NC(=O)c2occc2C)cc1NS(C)(=O)=O. The Kier molecular flexibility index (Phi) is 4.41. The van der Waals surface area contributed by atoms with Gasteiger partial charge in [-0.05, 0) is 31.2 Å². The van der Waals surface area contributed by atoms with Crippen molar-refractivity contribution in [1.29, 1.82) is 0 Å². The van der Waals surface area contributed by atoms with E-state index in [9.17, 15) is 13.2 Å². The van der Waals surface area contributed by atoms with Gasteiger partial charge >= 0.3 is 0 Å². The summed E-state index contributed by atoms with van der Waals surface area (Å²) in [6, 6.07) is 6.30. The number of furan rings is 1. The second-order valence-electron chi connectivity index (χ2n) is 4.68. The normalized spacial score (nSPS) is 11.0. The first-order valence-electron chi connectivity index (χ1n) is 6.31. The predicted octanol–water partition coefficient (Wildman–Crippen LogP) is 2.22. The summed E-state index contributed by atoms with van der Waals surface area (Å²) < 4.78 is 35.3.